The summed E-state index contributed by atoms with van der Waals surface area (Å²) in [6.07, 6.45) is 0. The molecule has 0 spiro atoms. The van der Waals surface area contributed by atoms with Gasteiger partial charge in [0.15, 0.2) is 0 Å². The van der Waals surface area contributed by atoms with Crippen LogP contribution in [0.15, 0.2) is 72.3 Å². The first-order valence-electron chi connectivity index (χ1n) is 9.79. The van der Waals surface area contributed by atoms with Crippen LogP contribution in [0, 0.1) is 18.6 Å². The molecule has 1 atom stereocenters. The Bertz CT molecular complexity index is 1270. The van der Waals surface area contributed by atoms with Gasteiger partial charge in [-0.3, -0.25) is 14.5 Å². The van der Waals surface area contributed by atoms with Gasteiger partial charge in [0.2, 0.25) is 0 Å². The number of ether oxygens (including phenoxy) is 1. The number of aliphatic hydroxyl groups is 1. The molecule has 162 valence electrons. The van der Waals surface area contributed by atoms with Crippen LogP contribution in [0.2, 0.25) is 0 Å². The largest absolute Gasteiger partial charge is 0.507 e. The number of hydrogen-bond acceptors (Lipinski definition) is 4. The molecule has 0 bridgehead atoms. The van der Waals surface area contributed by atoms with Crippen LogP contribution in [0.25, 0.3) is 5.76 Å². The van der Waals surface area contributed by atoms with E-state index in [-0.39, 0.29) is 16.8 Å². The van der Waals surface area contributed by atoms with Crippen molar-refractivity contribution in [3.8, 4) is 5.75 Å². The summed E-state index contributed by atoms with van der Waals surface area (Å²) >= 11 is 0. The van der Waals surface area contributed by atoms with Crippen LogP contribution in [-0.2, 0) is 9.59 Å². The van der Waals surface area contributed by atoms with Gasteiger partial charge in [0.1, 0.15) is 23.1 Å². The fraction of sp³-hybridized carbons (Fsp3) is 0.120. The highest BCUT2D eigenvalue weighted by molar-refractivity contribution is 6.51. The molecule has 0 aliphatic carbocycles. The Balaban J connectivity index is 1.98. The molecule has 3 aromatic rings. The Morgan fingerprint density at radius 1 is 1.00 bits per heavy atom. The molecule has 0 saturated carbocycles. The first-order chi connectivity index (χ1) is 15.3. The van der Waals surface area contributed by atoms with E-state index in [4.69, 9.17) is 4.74 Å². The third kappa shape index (κ3) is 3.62. The normalized spacial score (nSPS) is 17.6. The first-order valence-corrected chi connectivity index (χ1v) is 9.79. The van der Waals surface area contributed by atoms with Crippen molar-refractivity contribution in [2.24, 2.45) is 0 Å². The van der Waals surface area contributed by atoms with E-state index < -0.39 is 35.1 Å². The van der Waals surface area contributed by atoms with Gasteiger partial charge in [-0.05, 0) is 36.8 Å². The van der Waals surface area contributed by atoms with E-state index in [2.05, 4.69) is 0 Å². The minimum Gasteiger partial charge on any atom is -0.507 e. The summed E-state index contributed by atoms with van der Waals surface area (Å²) in [7, 11) is 1.46. The molecule has 1 amide bonds. The number of ketones is 1. The van der Waals surface area contributed by atoms with Crippen molar-refractivity contribution in [3.05, 3.63) is 101 Å². The molecular formula is C25H19F2NO4. The fourth-order valence-corrected chi connectivity index (χ4v) is 3.84. The second kappa shape index (κ2) is 8.26. The zero-order valence-electron chi connectivity index (χ0n) is 17.3. The SMILES string of the molecule is COc1cccc(/C(O)=C2\C(=O)C(=O)N(c3ccc(F)cc3F)C2c2cccc(C)c2)c1. The van der Waals surface area contributed by atoms with Crippen LogP contribution >= 0.6 is 0 Å². The van der Waals surface area contributed by atoms with Gasteiger partial charge in [0.05, 0.1) is 24.4 Å². The van der Waals surface area contributed by atoms with Crippen LogP contribution < -0.4 is 9.64 Å². The molecule has 3 aromatic carbocycles. The number of aliphatic hydroxyl groups excluding tert-OH is 1. The molecular weight excluding hydrogens is 416 g/mol. The summed E-state index contributed by atoms with van der Waals surface area (Å²) in [5.41, 5.74) is 1.15. The predicted molar refractivity (Wildman–Crippen MR) is 115 cm³/mol. The third-order valence-electron chi connectivity index (χ3n) is 5.31. The van der Waals surface area contributed by atoms with E-state index >= 15 is 0 Å². The summed E-state index contributed by atoms with van der Waals surface area (Å²) in [5.74, 6) is -3.78. The molecule has 7 heteroatoms. The molecule has 0 radical (unpaired) electrons. The van der Waals surface area contributed by atoms with Crippen molar-refractivity contribution in [2.75, 3.05) is 12.0 Å². The van der Waals surface area contributed by atoms with Gasteiger partial charge in [0, 0.05) is 11.6 Å². The maximum Gasteiger partial charge on any atom is 0.300 e. The van der Waals surface area contributed by atoms with Crippen molar-refractivity contribution in [2.45, 2.75) is 13.0 Å². The van der Waals surface area contributed by atoms with Crippen molar-refractivity contribution < 1.29 is 28.2 Å². The standard InChI is InChI=1S/C25H19F2NO4/c1-14-5-3-6-15(11-14)22-21(23(29)16-7-4-8-18(12-16)32-2)24(30)25(31)28(22)20-10-9-17(26)13-19(20)27/h3-13,22,29H,1-2H3/b23-21+. The number of anilines is 1. The highest BCUT2D eigenvalue weighted by Crippen LogP contribution is 2.43. The first kappa shape index (κ1) is 21.2. The van der Waals surface area contributed by atoms with Crippen LogP contribution in [-0.4, -0.2) is 23.9 Å². The Hall–Kier alpha value is -4.00. The monoisotopic (exact) mass is 435 g/mol. The van der Waals surface area contributed by atoms with Gasteiger partial charge in [-0.2, -0.15) is 0 Å². The second-order valence-corrected chi connectivity index (χ2v) is 7.41. The van der Waals surface area contributed by atoms with Crippen LogP contribution in [0.3, 0.4) is 0 Å². The molecule has 1 aliphatic rings. The third-order valence-corrected chi connectivity index (χ3v) is 5.31. The zero-order valence-corrected chi connectivity index (χ0v) is 17.3. The fourth-order valence-electron chi connectivity index (χ4n) is 3.84. The van der Waals surface area contributed by atoms with Crippen molar-refractivity contribution in [3.63, 3.8) is 0 Å². The molecule has 5 nitrogen and oxygen atoms in total. The number of Topliss-reactive ketones (excluding diaryl/α,β-unsaturated/α-hetero) is 1. The zero-order chi connectivity index (χ0) is 23.0. The highest BCUT2D eigenvalue weighted by atomic mass is 19.1. The molecule has 0 aromatic heterocycles. The average Bonchev–Trinajstić information content (AvgIpc) is 3.04. The molecule has 1 unspecified atom stereocenters. The Kier molecular flexibility index (Phi) is 5.48. The van der Waals surface area contributed by atoms with Gasteiger partial charge in [0.25, 0.3) is 11.7 Å². The van der Waals surface area contributed by atoms with E-state index in [1.165, 1.54) is 13.2 Å². The van der Waals surface area contributed by atoms with Crippen LogP contribution in [0.4, 0.5) is 14.5 Å². The van der Waals surface area contributed by atoms with Crippen LogP contribution in [0.1, 0.15) is 22.7 Å². The highest BCUT2D eigenvalue weighted by Gasteiger charge is 2.47. The van der Waals surface area contributed by atoms with E-state index in [1.54, 1.807) is 36.4 Å². The van der Waals surface area contributed by atoms with E-state index in [0.29, 0.717) is 17.4 Å². The van der Waals surface area contributed by atoms with E-state index in [9.17, 15) is 23.5 Å². The lowest BCUT2D eigenvalue weighted by Crippen LogP contribution is -2.30. The Morgan fingerprint density at radius 2 is 1.75 bits per heavy atom. The van der Waals surface area contributed by atoms with Gasteiger partial charge in [-0.25, -0.2) is 8.78 Å². The molecule has 1 fully saturated rings. The molecule has 4 rings (SSSR count). The lowest BCUT2D eigenvalue weighted by molar-refractivity contribution is -0.132. The summed E-state index contributed by atoms with van der Waals surface area (Å²) in [4.78, 5) is 27.1. The smallest absolute Gasteiger partial charge is 0.300 e. The molecule has 1 heterocycles. The quantitative estimate of drug-likeness (QED) is 0.359. The number of carbonyl (C=O) groups excluding carboxylic acids is 2. The Labute approximate surface area is 183 Å². The van der Waals surface area contributed by atoms with Gasteiger partial charge >= 0.3 is 0 Å². The summed E-state index contributed by atoms with van der Waals surface area (Å²) in [6.45, 7) is 1.83. The number of hydrogen-bond donors (Lipinski definition) is 1. The summed E-state index contributed by atoms with van der Waals surface area (Å²) in [5, 5.41) is 11.1. The number of aryl methyl sites for hydroxylation is 1. The van der Waals surface area contributed by atoms with Crippen molar-refractivity contribution in [1.29, 1.82) is 0 Å². The maximum absolute atomic E-state index is 14.7. The number of amides is 1. The van der Waals surface area contributed by atoms with Gasteiger partial charge in [-0.1, -0.05) is 42.0 Å². The molecule has 1 saturated heterocycles. The number of rotatable bonds is 4. The minimum atomic E-state index is -1.11. The average molecular weight is 435 g/mol. The second-order valence-electron chi connectivity index (χ2n) is 7.41. The van der Waals surface area contributed by atoms with Crippen LogP contribution in [0.5, 0.6) is 5.75 Å². The molecule has 32 heavy (non-hydrogen) atoms. The van der Waals surface area contributed by atoms with E-state index in [1.807, 2.05) is 13.0 Å². The maximum atomic E-state index is 14.7. The number of halogens is 2. The minimum absolute atomic E-state index is 0.197. The number of benzene rings is 3. The topological polar surface area (TPSA) is 66.8 Å². The number of methoxy groups -OCH3 is 1. The predicted octanol–water partition coefficient (Wildman–Crippen LogP) is 4.91. The van der Waals surface area contributed by atoms with Crippen molar-refractivity contribution in [1.82, 2.24) is 0 Å². The molecule has 1 N–H and O–H groups in total. The number of nitrogens with zero attached hydrogens (tertiary/aromatic N) is 1. The van der Waals surface area contributed by atoms with Gasteiger partial charge < -0.3 is 9.84 Å². The summed E-state index contributed by atoms with van der Waals surface area (Å²) in [6, 6.07) is 15.0. The van der Waals surface area contributed by atoms with E-state index in [0.717, 1.165) is 22.6 Å². The van der Waals surface area contributed by atoms with Crippen molar-refractivity contribution >= 4 is 23.1 Å². The number of carbonyl (C=O) groups is 2. The molecule has 1 aliphatic heterocycles. The van der Waals surface area contributed by atoms with Gasteiger partial charge in [-0.15, -0.1) is 0 Å². The Morgan fingerprint density at radius 3 is 2.44 bits per heavy atom. The lowest BCUT2D eigenvalue weighted by Gasteiger charge is -2.26. The lowest BCUT2D eigenvalue weighted by atomic mass is 9.94. The summed E-state index contributed by atoms with van der Waals surface area (Å²) < 4.78 is 33.4.